The lowest BCUT2D eigenvalue weighted by Crippen LogP contribution is -2.43. The van der Waals surface area contributed by atoms with Crippen LogP contribution in [0.15, 0.2) is 24.3 Å². The topological polar surface area (TPSA) is 66.7 Å². The molecule has 2 saturated heterocycles. The Hall–Kier alpha value is -1.95. The van der Waals surface area contributed by atoms with Crippen LogP contribution >= 0.6 is 0 Å². The molecule has 0 radical (unpaired) electrons. The lowest BCUT2D eigenvalue weighted by molar-refractivity contribution is -0.384. The van der Waals surface area contributed by atoms with E-state index in [0.717, 1.165) is 76.8 Å². The first kappa shape index (κ1) is 17.9. The van der Waals surface area contributed by atoms with Crippen molar-refractivity contribution in [3.63, 3.8) is 0 Å². The Bertz CT molecular complexity index is 594. The van der Waals surface area contributed by atoms with Gasteiger partial charge in [0.1, 0.15) is 0 Å². The number of likely N-dealkylation sites (tertiary alicyclic amines) is 2. The quantitative estimate of drug-likeness (QED) is 0.587. The third-order valence-corrected chi connectivity index (χ3v) is 5.47. The second kappa shape index (κ2) is 8.43. The highest BCUT2D eigenvalue weighted by atomic mass is 16.6. The fourth-order valence-corrected chi connectivity index (χ4v) is 3.83. The number of amides is 1. The zero-order valence-corrected chi connectivity index (χ0v) is 14.7. The molecule has 1 aromatic carbocycles. The molecule has 1 aromatic rings. The molecule has 0 atom stereocenters. The van der Waals surface area contributed by atoms with E-state index in [1.54, 1.807) is 12.1 Å². The number of hydrogen-bond donors (Lipinski definition) is 0. The van der Waals surface area contributed by atoms with Crippen LogP contribution in [0.4, 0.5) is 5.69 Å². The van der Waals surface area contributed by atoms with Crippen molar-refractivity contribution in [2.24, 2.45) is 5.92 Å². The Morgan fingerprint density at radius 2 is 1.80 bits per heavy atom. The molecule has 0 N–H and O–H groups in total. The Kier molecular flexibility index (Phi) is 6.02. The number of rotatable bonds is 6. The Morgan fingerprint density at radius 3 is 2.44 bits per heavy atom. The summed E-state index contributed by atoms with van der Waals surface area (Å²) in [4.78, 5) is 26.8. The maximum Gasteiger partial charge on any atom is 0.269 e. The Morgan fingerprint density at radius 1 is 1.08 bits per heavy atom. The zero-order valence-electron chi connectivity index (χ0n) is 14.7. The normalized spacial score (nSPS) is 20.0. The molecule has 25 heavy (non-hydrogen) atoms. The minimum Gasteiger partial charge on any atom is -0.342 e. The van der Waals surface area contributed by atoms with Crippen molar-refractivity contribution >= 4 is 11.6 Å². The fourth-order valence-electron chi connectivity index (χ4n) is 3.83. The number of carbonyl (C=O) groups is 1. The molecule has 0 aromatic heterocycles. The van der Waals surface area contributed by atoms with Gasteiger partial charge in [0, 0.05) is 38.2 Å². The summed E-state index contributed by atoms with van der Waals surface area (Å²) >= 11 is 0. The summed E-state index contributed by atoms with van der Waals surface area (Å²) in [5.41, 5.74) is 1.29. The fraction of sp³-hybridized carbons (Fsp3) is 0.632. The van der Waals surface area contributed by atoms with E-state index in [-0.39, 0.29) is 10.6 Å². The molecule has 0 aliphatic carbocycles. The van der Waals surface area contributed by atoms with E-state index in [0.29, 0.717) is 11.8 Å². The Labute approximate surface area is 148 Å². The van der Waals surface area contributed by atoms with Gasteiger partial charge in [-0.15, -0.1) is 0 Å². The third-order valence-electron chi connectivity index (χ3n) is 5.47. The lowest BCUT2D eigenvalue weighted by Gasteiger charge is -2.36. The number of nitro benzene ring substituents is 1. The van der Waals surface area contributed by atoms with Gasteiger partial charge in [0.15, 0.2) is 0 Å². The van der Waals surface area contributed by atoms with Crippen LogP contribution in [0.5, 0.6) is 0 Å². The minimum atomic E-state index is -0.359. The smallest absolute Gasteiger partial charge is 0.269 e. The highest BCUT2D eigenvalue weighted by Gasteiger charge is 2.25. The first-order chi connectivity index (χ1) is 12.1. The van der Waals surface area contributed by atoms with Crippen molar-refractivity contribution in [1.82, 2.24) is 9.80 Å². The number of benzene rings is 1. The number of hydrogen-bond acceptors (Lipinski definition) is 4. The highest BCUT2D eigenvalue weighted by molar-refractivity contribution is 5.76. The lowest BCUT2D eigenvalue weighted by atomic mass is 9.95. The molecule has 2 fully saturated rings. The summed E-state index contributed by atoms with van der Waals surface area (Å²) in [6, 6.07) is 6.87. The highest BCUT2D eigenvalue weighted by Crippen LogP contribution is 2.21. The number of nitro groups is 1. The molecular formula is C19H27N3O3. The summed E-state index contributed by atoms with van der Waals surface area (Å²) in [5.74, 6) is 0.976. The molecular weight excluding hydrogens is 318 g/mol. The third kappa shape index (κ3) is 5.01. The van der Waals surface area contributed by atoms with E-state index in [1.165, 1.54) is 0 Å². The van der Waals surface area contributed by atoms with Crippen molar-refractivity contribution < 1.29 is 9.72 Å². The second-order valence-electron chi connectivity index (χ2n) is 7.26. The van der Waals surface area contributed by atoms with Crippen molar-refractivity contribution in [3.05, 3.63) is 39.9 Å². The van der Waals surface area contributed by atoms with E-state index in [1.807, 2.05) is 12.1 Å². The molecule has 3 rings (SSSR count). The summed E-state index contributed by atoms with van der Waals surface area (Å²) in [6.45, 7) is 5.04. The van der Waals surface area contributed by atoms with E-state index >= 15 is 0 Å². The van der Waals surface area contributed by atoms with Crippen molar-refractivity contribution in [2.75, 3.05) is 32.7 Å². The van der Waals surface area contributed by atoms with Gasteiger partial charge in [0.25, 0.3) is 5.69 Å². The second-order valence-corrected chi connectivity index (χ2v) is 7.26. The van der Waals surface area contributed by atoms with Crippen molar-refractivity contribution in [2.45, 2.75) is 38.5 Å². The number of piperidine rings is 2. The monoisotopic (exact) mass is 345 g/mol. The molecule has 0 saturated carbocycles. The van der Waals surface area contributed by atoms with Crippen LogP contribution in [0.1, 0.15) is 37.7 Å². The van der Waals surface area contributed by atoms with Crippen molar-refractivity contribution in [1.29, 1.82) is 0 Å². The molecule has 136 valence electrons. The summed E-state index contributed by atoms with van der Waals surface area (Å²) in [7, 11) is 0. The van der Waals surface area contributed by atoms with Crippen LogP contribution in [0, 0.1) is 16.0 Å². The van der Waals surface area contributed by atoms with Gasteiger partial charge >= 0.3 is 0 Å². The summed E-state index contributed by atoms with van der Waals surface area (Å²) in [6.07, 6.45) is 6.17. The average Bonchev–Trinajstić information content (AvgIpc) is 2.63. The molecule has 2 aliphatic heterocycles. The number of non-ortho nitro benzene ring substituents is 1. The summed E-state index contributed by atoms with van der Waals surface area (Å²) < 4.78 is 0. The van der Waals surface area contributed by atoms with E-state index in [9.17, 15) is 14.9 Å². The van der Waals surface area contributed by atoms with Gasteiger partial charge in [-0.1, -0.05) is 12.1 Å². The molecule has 0 spiro atoms. The molecule has 1 amide bonds. The van der Waals surface area contributed by atoms with E-state index < -0.39 is 0 Å². The van der Waals surface area contributed by atoms with Crippen LogP contribution in [-0.2, 0) is 11.2 Å². The Balaban J connectivity index is 1.39. The standard InChI is InChI=1S/C19H27N3O3/c23-19-3-1-2-11-21(19)15-17-9-13-20(14-10-17)12-8-16-4-6-18(7-5-16)22(24)25/h4-7,17H,1-3,8-15H2. The van der Waals surface area contributed by atoms with Gasteiger partial charge in [-0.2, -0.15) is 0 Å². The summed E-state index contributed by atoms with van der Waals surface area (Å²) in [5, 5.41) is 10.7. The van der Waals surface area contributed by atoms with Gasteiger partial charge in [-0.3, -0.25) is 14.9 Å². The maximum atomic E-state index is 11.9. The number of carbonyl (C=O) groups excluding carboxylic acids is 1. The van der Waals surface area contributed by atoms with Gasteiger partial charge < -0.3 is 9.80 Å². The average molecular weight is 345 g/mol. The molecule has 2 heterocycles. The molecule has 6 nitrogen and oxygen atoms in total. The van der Waals surface area contributed by atoms with Gasteiger partial charge in [-0.25, -0.2) is 0 Å². The molecule has 2 aliphatic rings. The molecule has 6 heteroatoms. The van der Waals surface area contributed by atoms with Gasteiger partial charge in [-0.05, 0) is 56.7 Å². The van der Waals surface area contributed by atoms with E-state index in [2.05, 4.69) is 9.80 Å². The van der Waals surface area contributed by atoms with Crippen LogP contribution < -0.4 is 0 Å². The SMILES string of the molecule is O=C1CCCCN1CC1CCN(CCc2ccc([N+](=O)[O-])cc2)CC1. The largest absolute Gasteiger partial charge is 0.342 e. The van der Waals surface area contributed by atoms with Crippen LogP contribution in [0.25, 0.3) is 0 Å². The van der Waals surface area contributed by atoms with Gasteiger partial charge in [0.05, 0.1) is 4.92 Å². The zero-order chi connectivity index (χ0) is 17.6. The van der Waals surface area contributed by atoms with Crippen LogP contribution in [0.3, 0.4) is 0 Å². The molecule has 0 bridgehead atoms. The maximum absolute atomic E-state index is 11.9. The minimum absolute atomic E-state index is 0.150. The number of nitrogens with zero attached hydrogens (tertiary/aromatic N) is 3. The van der Waals surface area contributed by atoms with Crippen molar-refractivity contribution in [3.8, 4) is 0 Å². The first-order valence-electron chi connectivity index (χ1n) is 9.35. The molecule has 0 unspecified atom stereocenters. The predicted octanol–water partition coefficient (Wildman–Crippen LogP) is 2.86. The van der Waals surface area contributed by atoms with Crippen LogP contribution in [0.2, 0.25) is 0 Å². The predicted molar refractivity (Wildman–Crippen MR) is 96.4 cm³/mol. The van der Waals surface area contributed by atoms with Gasteiger partial charge in [0.2, 0.25) is 5.91 Å². The first-order valence-corrected chi connectivity index (χ1v) is 9.35. The van der Waals surface area contributed by atoms with E-state index in [4.69, 9.17) is 0 Å². The van der Waals surface area contributed by atoms with Crippen LogP contribution in [-0.4, -0.2) is 53.4 Å².